The summed E-state index contributed by atoms with van der Waals surface area (Å²) in [7, 11) is 4.26. The van der Waals surface area contributed by atoms with Crippen LogP contribution in [0.5, 0.6) is 0 Å². The SMILES string of the molecule is CC(C)NCc1cnc(N(C)CC2CCN(C)C2)c(Cl)c1. The third-order valence-corrected chi connectivity index (χ3v) is 4.25. The standard InChI is InChI=1S/C16H27ClN4/c1-12(2)18-8-14-7-15(17)16(19-9-14)21(4)11-13-5-6-20(3)10-13/h7,9,12-13,18H,5-6,8,10-11H2,1-4H3. The quantitative estimate of drug-likeness (QED) is 0.875. The van der Waals surface area contributed by atoms with Crippen LogP contribution in [0.3, 0.4) is 0 Å². The molecule has 0 spiro atoms. The molecule has 2 rings (SSSR count). The van der Waals surface area contributed by atoms with Crippen LogP contribution in [0.15, 0.2) is 12.3 Å². The topological polar surface area (TPSA) is 31.4 Å². The molecule has 1 aliphatic heterocycles. The fraction of sp³-hybridized carbons (Fsp3) is 0.688. The fourth-order valence-corrected chi connectivity index (χ4v) is 3.15. The molecular formula is C16H27ClN4. The number of pyridine rings is 1. The highest BCUT2D eigenvalue weighted by molar-refractivity contribution is 6.33. The van der Waals surface area contributed by atoms with Crippen LogP contribution in [-0.4, -0.2) is 49.7 Å². The van der Waals surface area contributed by atoms with Gasteiger partial charge in [0.1, 0.15) is 5.82 Å². The summed E-state index contributed by atoms with van der Waals surface area (Å²) in [6.45, 7) is 8.45. The van der Waals surface area contributed by atoms with Crippen molar-refractivity contribution in [2.24, 2.45) is 5.92 Å². The van der Waals surface area contributed by atoms with E-state index in [9.17, 15) is 0 Å². The predicted molar refractivity (Wildman–Crippen MR) is 90.1 cm³/mol. The van der Waals surface area contributed by atoms with E-state index in [0.29, 0.717) is 12.0 Å². The van der Waals surface area contributed by atoms with Gasteiger partial charge in [0.15, 0.2) is 0 Å². The minimum absolute atomic E-state index is 0.463. The number of anilines is 1. The average molecular weight is 311 g/mol. The Hall–Kier alpha value is -0.840. The van der Waals surface area contributed by atoms with Gasteiger partial charge in [0, 0.05) is 38.9 Å². The van der Waals surface area contributed by atoms with Gasteiger partial charge in [-0.25, -0.2) is 4.98 Å². The Labute approximate surface area is 133 Å². The number of likely N-dealkylation sites (tertiary alicyclic amines) is 1. The van der Waals surface area contributed by atoms with E-state index in [0.717, 1.165) is 29.5 Å². The lowest BCUT2D eigenvalue weighted by molar-refractivity contribution is 0.395. The van der Waals surface area contributed by atoms with Crippen LogP contribution in [0.25, 0.3) is 0 Å². The van der Waals surface area contributed by atoms with E-state index in [1.807, 2.05) is 12.3 Å². The third-order valence-electron chi connectivity index (χ3n) is 3.98. The van der Waals surface area contributed by atoms with Crippen LogP contribution >= 0.6 is 11.6 Å². The van der Waals surface area contributed by atoms with E-state index < -0.39 is 0 Å². The summed E-state index contributed by atoms with van der Waals surface area (Å²) in [5.41, 5.74) is 1.13. The molecule has 0 bridgehead atoms. The fourth-order valence-electron chi connectivity index (χ4n) is 2.82. The molecule has 0 saturated carbocycles. The van der Waals surface area contributed by atoms with Crippen molar-refractivity contribution in [3.05, 3.63) is 22.8 Å². The summed E-state index contributed by atoms with van der Waals surface area (Å²) < 4.78 is 0. The van der Waals surface area contributed by atoms with Gasteiger partial charge < -0.3 is 15.1 Å². The van der Waals surface area contributed by atoms with Crippen molar-refractivity contribution in [2.45, 2.75) is 32.9 Å². The molecular weight excluding hydrogens is 284 g/mol. The maximum atomic E-state index is 6.41. The van der Waals surface area contributed by atoms with Crippen LogP contribution in [0.1, 0.15) is 25.8 Å². The number of hydrogen-bond donors (Lipinski definition) is 1. The van der Waals surface area contributed by atoms with Gasteiger partial charge in [-0.3, -0.25) is 0 Å². The van der Waals surface area contributed by atoms with Gasteiger partial charge in [-0.2, -0.15) is 0 Å². The highest BCUT2D eigenvalue weighted by atomic mass is 35.5. The normalized spacial score (nSPS) is 19.4. The molecule has 1 atom stereocenters. The van der Waals surface area contributed by atoms with E-state index in [-0.39, 0.29) is 0 Å². The maximum absolute atomic E-state index is 6.41. The summed E-state index contributed by atoms with van der Waals surface area (Å²) in [6.07, 6.45) is 3.18. The van der Waals surface area contributed by atoms with Gasteiger partial charge in [-0.1, -0.05) is 25.4 Å². The maximum Gasteiger partial charge on any atom is 0.147 e. The van der Waals surface area contributed by atoms with E-state index in [1.165, 1.54) is 19.5 Å². The highest BCUT2D eigenvalue weighted by Crippen LogP contribution is 2.25. The summed E-state index contributed by atoms with van der Waals surface area (Å²) in [5, 5.41) is 4.13. The average Bonchev–Trinajstić information content (AvgIpc) is 2.81. The minimum Gasteiger partial charge on any atom is -0.358 e. The van der Waals surface area contributed by atoms with Crippen molar-refractivity contribution >= 4 is 17.4 Å². The molecule has 2 heterocycles. The first-order valence-electron chi connectivity index (χ1n) is 7.73. The number of aromatic nitrogens is 1. The van der Waals surface area contributed by atoms with Gasteiger partial charge in [0.05, 0.1) is 5.02 Å². The Balaban J connectivity index is 1.96. The summed E-state index contributed by atoms with van der Waals surface area (Å²) in [5.74, 6) is 1.60. The van der Waals surface area contributed by atoms with Crippen LogP contribution in [0, 0.1) is 5.92 Å². The molecule has 0 amide bonds. The number of nitrogens with one attached hydrogen (secondary N) is 1. The molecule has 0 aromatic carbocycles. The molecule has 0 aliphatic carbocycles. The Morgan fingerprint density at radius 3 is 2.86 bits per heavy atom. The lowest BCUT2D eigenvalue weighted by atomic mass is 10.1. The van der Waals surface area contributed by atoms with Crippen molar-refractivity contribution in [3.8, 4) is 0 Å². The number of hydrogen-bond acceptors (Lipinski definition) is 4. The molecule has 1 aliphatic rings. The second kappa shape index (κ2) is 7.43. The lowest BCUT2D eigenvalue weighted by Crippen LogP contribution is -2.28. The largest absolute Gasteiger partial charge is 0.358 e. The van der Waals surface area contributed by atoms with E-state index in [4.69, 9.17) is 11.6 Å². The summed E-state index contributed by atoms with van der Waals surface area (Å²) >= 11 is 6.41. The van der Waals surface area contributed by atoms with Crippen LogP contribution in [0.4, 0.5) is 5.82 Å². The summed E-state index contributed by atoms with van der Waals surface area (Å²) in [6, 6.07) is 2.49. The van der Waals surface area contributed by atoms with Crippen molar-refractivity contribution in [1.82, 2.24) is 15.2 Å². The van der Waals surface area contributed by atoms with Crippen molar-refractivity contribution < 1.29 is 0 Å². The van der Waals surface area contributed by atoms with Gasteiger partial charge in [-0.05, 0) is 37.6 Å². The molecule has 1 saturated heterocycles. The zero-order valence-corrected chi connectivity index (χ0v) is 14.3. The van der Waals surface area contributed by atoms with Gasteiger partial charge in [-0.15, -0.1) is 0 Å². The molecule has 1 N–H and O–H groups in total. The monoisotopic (exact) mass is 310 g/mol. The highest BCUT2D eigenvalue weighted by Gasteiger charge is 2.22. The van der Waals surface area contributed by atoms with Crippen molar-refractivity contribution in [3.63, 3.8) is 0 Å². The Morgan fingerprint density at radius 2 is 2.29 bits per heavy atom. The van der Waals surface area contributed by atoms with Gasteiger partial charge in [0.25, 0.3) is 0 Å². The molecule has 1 fully saturated rings. The summed E-state index contributed by atoms with van der Waals surface area (Å²) in [4.78, 5) is 9.13. The predicted octanol–water partition coefficient (Wildman–Crippen LogP) is 2.62. The van der Waals surface area contributed by atoms with Crippen LogP contribution in [0.2, 0.25) is 5.02 Å². The van der Waals surface area contributed by atoms with E-state index >= 15 is 0 Å². The Bertz CT molecular complexity index is 464. The molecule has 1 unspecified atom stereocenters. The molecule has 21 heavy (non-hydrogen) atoms. The first kappa shape index (κ1) is 16.5. The van der Waals surface area contributed by atoms with E-state index in [2.05, 4.69) is 48.0 Å². The smallest absolute Gasteiger partial charge is 0.147 e. The zero-order chi connectivity index (χ0) is 15.4. The third kappa shape index (κ3) is 4.83. The minimum atomic E-state index is 0.463. The number of nitrogens with zero attached hydrogens (tertiary/aromatic N) is 3. The van der Waals surface area contributed by atoms with E-state index in [1.54, 1.807) is 0 Å². The number of halogens is 1. The van der Waals surface area contributed by atoms with Crippen LogP contribution < -0.4 is 10.2 Å². The first-order valence-corrected chi connectivity index (χ1v) is 8.11. The van der Waals surface area contributed by atoms with Gasteiger partial charge in [0.2, 0.25) is 0 Å². The molecule has 1 aromatic heterocycles. The zero-order valence-electron chi connectivity index (χ0n) is 13.6. The molecule has 1 aromatic rings. The number of rotatable bonds is 6. The van der Waals surface area contributed by atoms with Crippen LogP contribution in [-0.2, 0) is 6.54 Å². The molecule has 0 radical (unpaired) electrons. The Kier molecular flexibility index (Phi) is 5.85. The first-order chi connectivity index (χ1) is 9.95. The molecule has 118 valence electrons. The molecule has 5 heteroatoms. The lowest BCUT2D eigenvalue weighted by Gasteiger charge is -2.23. The Morgan fingerprint density at radius 1 is 1.52 bits per heavy atom. The second-order valence-electron chi connectivity index (χ2n) is 6.48. The second-order valence-corrected chi connectivity index (χ2v) is 6.89. The van der Waals surface area contributed by atoms with Crippen molar-refractivity contribution in [1.29, 1.82) is 0 Å². The van der Waals surface area contributed by atoms with Crippen molar-refractivity contribution in [2.75, 3.05) is 38.6 Å². The molecule has 4 nitrogen and oxygen atoms in total. The van der Waals surface area contributed by atoms with Gasteiger partial charge >= 0.3 is 0 Å².